The molecule has 1 aliphatic heterocycles. The van der Waals surface area contributed by atoms with Crippen LogP contribution in [0.25, 0.3) is 0 Å². The van der Waals surface area contributed by atoms with Crippen molar-refractivity contribution in [2.75, 3.05) is 39.4 Å². The number of nitrogens with two attached hydrogens (primary N) is 1. The zero-order valence-corrected chi connectivity index (χ0v) is 16.1. The average Bonchev–Trinajstić information content (AvgIpc) is 2.66. The highest BCUT2D eigenvalue weighted by Gasteiger charge is 2.26. The van der Waals surface area contributed by atoms with Gasteiger partial charge in [-0.05, 0) is 38.5 Å². The highest BCUT2D eigenvalue weighted by Crippen LogP contribution is 2.25. The molecule has 1 heterocycles. The van der Waals surface area contributed by atoms with E-state index in [1.165, 1.54) is 19.3 Å². The van der Waals surface area contributed by atoms with Crippen LogP contribution in [0.1, 0.15) is 51.9 Å². The van der Waals surface area contributed by atoms with Crippen molar-refractivity contribution in [3.05, 3.63) is 0 Å². The highest BCUT2D eigenvalue weighted by molar-refractivity contribution is 5.81. The molecule has 1 aliphatic carbocycles. The van der Waals surface area contributed by atoms with Crippen molar-refractivity contribution in [3.63, 3.8) is 0 Å². The van der Waals surface area contributed by atoms with Crippen molar-refractivity contribution in [1.82, 2.24) is 10.2 Å². The number of carbonyl (C=O) groups is 2. The molecule has 2 rings (SSSR count). The van der Waals surface area contributed by atoms with Crippen LogP contribution in [0.5, 0.6) is 0 Å². The maximum absolute atomic E-state index is 12.2. The molecular weight excluding hydrogens is 334 g/mol. The molecule has 1 atom stereocenters. The van der Waals surface area contributed by atoms with Gasteiger partial charge in [0.05, 0.1) is 31.9 Å². The first kappa shape index (κ1) is 21.1. The van der Waals surface area contributed by atoms with Crippen molar-refractivity contribution in [2.45, 2.75) is 64.0 Å². The number of hydrogen-bond acceptors (Lipinski definition) is 6. The Morgan fingerprint density at radius 2 is 1.85 bits per heavy atom. The Kier molecular flexibility index (Phi) is 9.36. The van der Waals surface area contributed by atoms with Crippen molar-refractivity contribution in [1.29, 1.82) is 0 Å². The molecule has 0 aromatic carbocycles. The number of hydrogen-bond donors (Lipinski definition) is 2. The van der Waals surface area contributed by atoms with Gasteiger partial charge in [-0.1, -0.05) is 19.3 Å². The van der Waals surface area contributed by atoms with Gasteiger partial charge in [-0.25, -0.2) is 0 Å². The number of nitrogens with one attached hydrogen (secondary N) is 1. The Bertz CT molecular complexity index is 433. The minimum Gasteiger partial charge on any atom is -0.465 e. The highest BCUT2D eigenvalue weighted by atomic mass is 16.5. The first-order chi connectivity index (χ1) is 12.6. The molecule has 1 amide bonds. The molecule has 3 N–H and O–H groups in total. The van der Waals surface area contributed by atoms with Crippen LogP contribution in [0.15, 0.2) is 0 Å². The molecule has 1 saturated carbocycles. The van der Waals surface area contributed by atoms with Gasteiger partial charge in [0.1, 0.15) is 0 Å². The van der Waals surface area contributed by atoms with E-state index in [-0.39, 0.29) is 24.0 Å². The molecule has 2 aliphatic rings. The van der Waals surface area contributed by atoms with Crippen LogP contribution in [0, 0.1) is 5.92 Å². The predicted octanol–water partition coefficient (Wildman–Crippen LogP) is 1.05. The van der Waals surface area contributed by atoms with E-state index in [9.17, 15) is 9.59 Å². The van der Waals surface area contributed by atoms with Gasteiger partial charge in [0.25, 0.3) is 0 Å². The third kappa shape index (κ3) is 7.21. The lowest BCUT2D eigenvalue weighted by Gasteiger charge is -2.31. The lowest BCUT2D eigenvalue weighted by atomic mass is 9.84. The quantitative estimate of drug-likeness (QED) is 0.466. The minimum atomic E-state index is -0.388. The van der Waals surface area contributed by atoms with Crippen LogP contribution < -0.4 is 11.1 Å². The maximum atomic E-state index is 12.2. The molecule has 2 fully saturated rings. The lowest BCUT2D eigenvalue weighted by Crippen LogP contribution is -2.47. The molecule has 7 nitrogen and oxygen atoms in total. The molecule has 150 valence electrons. The summed E-state index contributed by atoms with van der Waals surface area (Å²) in [5, 5.41) is 2.91. The molecule has 26 heavy (non-hydrogen) atoms. The molecule has 1 saturated heterocycles. The number of likely N-dealkylation sites (tertiary alicyclic amines) is 1. The normalized spacial score (nSPS) is 21.3. The van der Waals surface area contributed by atoms with Gasteiger partial charge in [0.15, 0.2) is 0 Å². The Morgan fingerprint density at radius 1 is 1.15 bits per heavy atom. The van der Waals surface area contributed by atoms with Crippen molar-refractivity contribution in [3.8, 4) is 0 Å². The SMILES string of the molecule is CCOC(=O)CN1CCC(OCCNC(=O)[C@H](N)C2CCCCC2)CC1. The molecule has 0 aromatic heterocycles. The number of piperidine rings is 1. The van der Waals surface area contributed by atoms with Gasteiger partial charge < -0.3 is 20.5 Å². The molecule has 0 radical (unpaired) electrons. The fraction of sp³-hybridized carbons (Fsp3) is 0.895. The van der Waals surface area contributed by atoms with E-state index in [1.54, 1.807) is 0 Å². The second kappa shape index (κ2) is 11.5. The Hall–Kier alpha value is -1.18. The fourth-order valence-corrected chi connectivity index (χ4v) is 3.85. The van der Waals surface area contributed by atoms with E-state index < -0.39 is 0 Å². The predicted molar refractivity (Wildman–Crippen MR) is 99.6 cm³/mol. The minimum absolute atomic E-state index is 0.0512. The summed E-state index contributed by atoms with van der Waals surface area (Å²) in [6, 6.07) is -0.388. The van der Waals surface area contributed by atoms with E-state index in [4.69, 9.17) is 15.2 Å². The first-order valence-corrected chi connectivity index (χ1v) is 10.1. The summed E-state index contributed by atoms with van der Waals surface area (Å²) >= 11 is 0. The maximum Gasteiger partial charge on any atom is 0.320 e. The van der Waals surface area contributed by atoms with Gasteiger partial charge >= 0.3 is 5.97 Å². The molecule has 0 bridgehead atoms. The summed E-state index contributed by atoms with van der Waals surface area (Å²) in [6.45, 7) is 5.28. The van der Waals surface area contributed by atoms with Gasteiger partial charge in [-0.15, -0.1) is 0 Å². The van der Waals surface area contributed by atoms with Crippen LogP contribution >= 0.6 is 0 Å². The standard InChI is InChI=1S/C19H35N3O4/c1-2-25-17(23)14-22-11-8-16(9-12-22)26-13-10-21-19(24)18(20)15-6-4-3-5-7-15/h15-16,18H,2-14,20H2,1H3,(H,21,24)/t18-/m1/s1. The van der Waals surface area contributed by atoms with Gasteiger partial charge in [0.2, 0.25) is 5.91 Å². The summed E-state index contributed by atoms with van der Waals surface area (Å²) < 4.78 is 10.8. The van der Waals surface area contributed by atoms with Gasteiger partial charge in [-0.3, -0.25) is 14.5 Å². The average molecular weight is 370 g/mol. The zero-order chi connectivity index (χ0) is 18.8. The third-order valence-electron chi connectivity index (χ3n) is 5.41. The molecule has 0 unspecified atom stereocenters. The molecule has 0 aromatic rings. The van der Waals surface area contributed by atoms with Crippen LogP contribution in [0.2, 0.25) is 0 Å². The number of nitrogens with zero attached hydrogens (tertiary/aromatic N) is 1. The van der Waals surface area contributed by atoms with Gasteiger partial charge in [0, 0.05) is 19.6 Å². The Balaban J connectivity index is 1.53. The summed E-state index contributed by atoms with van der Waals surface area (Å²) in [7, 11) is 0. The van der Waals surface area contributed by atoms with Crippen molar-refractivity contribution >= 4 is 11.9 Å². The van der Waals surface area contributed by atoms with Crippen LogP contribution in [-0.4, -0.2) is 68.3 Å². The Morgan fingerprint density at radius 3 is 2.50 bits per heavy atom. The molecular formula is C19H35N3O4. The van der Waals surface area contributed by atoms with Crippen molar-refractivity contribution in [2.24, 2.45) is 11.7 Å². The van der Waals surface area contributed by atoms with E-state index in [2.05, 4.69) is 10.2 Å². The summed E-state index contributed by atoms with van der Waals surface area (Å²) in [6.07, 6.45) is 7.75. The third-order valence-corrected chi connectivity index (χ3v) is 5.41. The van der Waals surface area contributed by atoms with Crippen LogP contribution in [0.4, 0.5) is 0 Å². The summed E-state index contributed by atoms with van der Waals surface area (Å²) in [4.78, 5) is 25.7. The summed E-state index contributed by atoms with van der Waals surface area (Å²) in [5.41, 5.74) is 6.10. The van der Waals surface area contributed by atoms with E-state index in [1.807, 2.05) is 6.92 Å². The van der Waals surface area contributed by atoms with E-state index in [0.29, 0.717) is 32.2 Å². The fourth-order valence-electron chi connectivity index (χ4n) is 3.85. The van der Waals surface area contributed by atoms with Gasteiger partial charge in [-0.2, -0.15) is 0 Å². The number of rotatable bonds is 9. The number of carbonyl (C=O) groups excluding carboxylic acids is 2. The topological polar surface area (TPSA) is 93.9 Å². The summed E-state index contributed by atoms with van der Waals surface area (Å²) in [5.74, 6) is 0.113. The molecule has 7 heteroatoms. The van der Waals surface area contributed by atoms with Crippen molar-refractivity contribution < 1.29 is 19.1 Å². The number of amides is 1. The first-order valence-electron chi connectivity index (χ1n) is 10.1. The largest absolute Gasteiger partial charge is 0.465 e. The number of ether oxygens (including phenoxy) is 2. The number of esters is 1. The zero-order valence-electron chi connectivity index (χ0n) is 16.1. The van der Waals surface area contributed by atoms with E-state index in [0.717, 1.165) is 38.8 Å². The molecule has 0 spiro atoms. The second-order valence-corrected chi connectivity index (χ2v) is 7.37. The lowest BCUT2D eigenvalue weighted by molar-refractivity contribution is -0.145. The Labute approximate surface area is 156 Å². The van der Waals surface area contributed by atoms with Crippen LogP contribution in [-0.2, 0) is 19.1 Å². The van der Waals surface area contributed by atoms with E-state index >= 15 is 0 Å². The monoisotopic (exact) mass is 369 g/mol. The van der Waals surface area contributed by atoms with Crippen LogP contribution in [0.3, 0.4) is 0 Å². The smallest absolute Gasteiger partial charge is 0.320 e. The second-order valence-electron chi connectivity index (χ2n) is 7.37.